The number of rotatable bonds is 6. The van der Waals surface area contributed by atoms with E-state index in [1.165, 1.54) is 0 Å². The molecule has 1 aromatic carbocycles. The molecule has 2 N–H and O–H groups in total. The van der Waals surface area contributed by atoms with E-state index < -0.39 is 10.0 Å². The summed E-state index contributed by atoms with van der Waals surface area (Å²) in [6.45, 7) is 5.91. The normalized spacial score (nSPS) is 11.1. The number of hydrogen-bond acceptors (Lipinski definition) is 3. The zero-order valence-electron chi connectivity index (χ0n) is 12.8. The van der Waals surface area contributed by atoms with Crippen LogP contribution < -0.4 is 4.72 Å². The highest BCUT2D eigenvalue weighted by Crippen LogP contribution is 2.18. The van der Waals surface area contributed by atoms with Crippen molar-refractivity contribution < 1.29 is 13.5 Å². The second kappa shape index (κ2) is 8.06. The summed E-state index contributed by atoms with van der Waals surface area (Å²) in [5.74, 6) is 6.16. The lowest BCUT2D eigenvalue weighted by atomic mass is 10.1. The first-order chi connectivity index (χ1) is 9.84. The molecular weight excluding hydrogens is 286 g/mol. The SMILES string of the molecule is Cc1ccc(NS(=O)(=O)CCC(C)C)c(C#CCCO)c1. The van der Waals surface area contributed by atoms with Crippen LogP contribution in [0, 0.1) is 24.7 Å². The summed E-state index contributed by atoms with van der Waals surface area (Å²) in [7, 11) is -3.36. The van der Waals surface area contributed by atoms with E-state index in [0.717, 1.165) is 5.56 Å². The zero-order chi connectivity index (χ0) is 15.9. The predicted molar refractivity (Wildman–Crippen MR) is 86.6 cm³/mol. The summed E-state index contributed by atoms with van der Waals surface area (Å²) in [4.78, 5) is 0. The van der Waals surface area contributed by atoms with E-state index >= 15 is 0 Å². The molecule has 4 nitrogen and oxygen atoms in total. The van der Waals surface area contributed by atoms with Gasteiger partial charge in [-0.15, -0.1) is 0 Å². The summed E-state index contributed by atoms with van der Waals surface area (Å²) < 4.78 is 26.7. The first-order valence-corrected chi connectivity index (χ1v) is 8.70. The molecule has 0 atom stereocenters. The lowest BCUT2D eigenvalue weighted by molar-refractivity contribution is 0.305. The van der Waals surface area contributed by atoms with Crippen molar-refractivity contribution in [2.45, 2.75) is 33.6 Å². The van der Waals surface area contributed by atoms with Gasteiger partial charge in [0, 0.05) is 12.0 Å². The highest BCUT2D eigenvalue weighted by molar-refractivity contribution is 7.92. The van der Waals surface area contributed by atoms with E-state index in [9.17, 15) is 8.42 Å². The molecule has 1 rings (SSSR count). The van der Waals surface area contributed by atoms with Gasteiger partial charge in [-0.1, -0.05) is 31.8 Å². The summed E-state index contributed by atoms with van der Waals surface area (Å²) in [5.41, 5.74) is 2.14. The lowest BCUT2D eigenvalue weighted by Crippen LogP contribution is -2.18. The van der Waals surface area contributed by atoms with Crippen molar-refractivity contribution in [3.05, 3.63) is 29.3 Å². The Morgan fingerprint density at radius 3 is 2.67 bits per heavy atom. The smallest absolute Gasteiger partial charge is 0.232 e. The fourth-order valence-corrected chi connectivity index (χ4v) is 3.07. The van der Waals surface area contributed by atoms with Crippen LogP contribution >= 0.6 is 0 Å². The van der Waals surface area contributed by atoms with E-state index in [0.29, 0.717) is 30.0 Å². The van der Waals surface area contributed by atoms with Gasteiger partial charge in [0.1, 0.15) is 0 Å². The highest BCUT2D eigenvalue weighted by Gasteiger charge is 2.13. The zero-order valence-corrected chi connectivity index (χ0v) is 13.6. The van der Waals surface area contributed by atoms with E-state index in [2.05, 4.69) is 16.6 Å². The number of sulfonamides is 1. The van der Waals surface area contributed by atoms with Gasteiger partial charge in [-0.3, -0.25) is 4.72 Å². The number of hydrogen-bond donors (Lipinski definition) is 2. The molecule has 0 aliphatic carbocycles. The maximum Gasteiger partial charge on any atom is 0.232 e. The molecule has 0 amide bonds. The predicted octanol–water partition coefficient (Wildman–Crippen LogP) is 2.52. The first-order valence-electron chi connectivity index (χ1n) is 7.05. The maximum atomic E-state index is 12.1. The molecule has 0 radical (unpaired) electrons. The Morgan fingerprint density at radius 2 is 2.05 bits per heavy atom. The van der Waals surface area contributed by atoms with E-state index in [1.54, 1.807) is 6.07 Å². The summed E-state index contributed by atoms with van der Waals surface area (Å²) in [5, 5.41) is 8.76. The quantitative estimate of drug-likeness (QED) is 0.794. The monoisotopic (exact) mass is 309 g/mol. The van der Waals surface area contributed by atoms with Crippen LogP contribution in [-0.4, -0.2) is 25.9 Å². The number of benzene rings is 1. The van der Waals surface area contributed by atoms with Gasteiger partial charge in [0.2, 0.25) is 10.0 Å². The Kier molecular flexibility index (Phi) is 6.73. The molecular formula is C16H23NO3S. The van der Waals surface area contributed by atoms with Crippen molar-refractivity contribution in [2.75, 3.05) is 17.1 Å². The molecule has 0 heterocycles. The largest absolute Gasteiger partial charge is 0.395 e. The van der Waals surface area contributed by atoms with Crippen LogP contribution in [0.2, 0.25) is 0 Å². The van der Waals surface area contributed by atoms with Crippen molar-refractivity contribution in [1.82, 2.24) is 0 Å². The minimum atomic E-state index is -3.36. The Balaban J connectivity index is 2.95. The molecule has 0 aliphatic rings. The van der Waals surface area contributed by atoms with Gasteiger partial charge in [-0.25, -0.2) is 8.42 Å². The Labute approximate surface area is 127 Å². The van der Waals surface area contributed by atoms with Crippen molar-refractivity contribution in [1.29, 1.82) is 0 Å². The summed E-state index contributed by atoms with van der Waals surface area (Å²) in [6.07, 6.45) is 0.986. The highest BCUT2D eigenvalue weighted by atomic mass is 32.2. The number of anilines is 1. The third-order valence-corrected chi connectivity index (χ3v) is 4.17. The van der Waals surface area contributed by atoms with Gasteiger partial charge >= 0.3 is 0 Å². The topological polar surface area (TPSA) is 66.4 Å². The Hall–Kier alpha value is -1.51. The molecule has 21 heavy (non-hydrogen) atoms. The summed E-state index contributed by atoms with van der Waals surface area (Å²) in [6, 6.07) is 5.41. The standard InChI is InChI=1S/C16H23NO3S/c1-13(2)9-11-21(19,20)17-16-8-7-14(3)12-15(16)6-4-5-10-18/h7-8,12-13,17-18H,5,9-11H2,1-3H3. The molecule has 0 bridgehead atoms. The molecule has 0 saturated heterocycles. The maximum absolute atomic E-state index is 12.1. The van der Waals surface area contributed by atoms with Gasteiger partial charge in [-0.2, -0.15) is 0 Å². The minimum absolute atomic E-state index is 0.00569. The third kappa shape index (κ3) is 6.65. The second-order valence-electron chi connectivity index (χ2n) is 5.43. The lowest BCUT2D eigenvalue weighted by Gasteiger charge is -2.11. The van der Waals surface area contributed by atoms with E-state index in [-0.39, 0.29) is 12.4 Å². The number of nitrogens with one attached hydrogen (secondary N) is 1. The van der Waals surface area contributed by atoms with Crippen LogP contribution in [0.4, 0.5) is 5.69 Å². The second-order valence-corrected chi connectivity index (χ2v) is 7.27. The van der Waals surface area contributed by atoms with Gasteiger partial charge in [0.05, 0.1) is 18.0 Å². The Morgan fingerprint density at radius 1 is 1.33 bits per heavy atom. The van der Waals surface area contributed by atoms with Crippen LogP contribution in [0.15, 0.2) is 18.2 Å². The van der Waals surface area contributed by atoms with Crippen molar-refractivity contribution in [3.8, 4) is 11.8 Å². The van der Waals surface area contributed by atoms with Gasteiger partial charge < -0.3 is 5.11 Å². The first kappa shape index (κ1) is 17.5. The van der Waals surface area contributed by atoms with E-state index in [4.69, 9.17) is 5.11 Å². The molecule has 116 valence electrons. The molecule has 0 spiro atoms. The Bertz CT molecular complexity index is 625. The minimum Gasteiger partial charge on any atom is -0.395 e. The van der Waals surface area contributed by atoms with Crippen molar-refractivity contribution in [3.63, 3.8) is 0 Å². The number of aliphatic hydroxyl groups excluding tert-OH is 1. The van der Waals surface area contributed by atoms with Crippen molar-refractivity contribution >= 4 is 15.7 Å². The van der Waals surface area contributed by atoms with Crippen LogP contribution in [0.3, 0.4) is 0 Å². The third-order valence-electron chi connectivity index (χ3n) is 2.86. The van der Waals surface area contributed by atoms with Crippen LogP contribution in [0.1, 0.15) is 37.8 Å². The number of aryl methyl sites for hydroxylation is 1. The summed E-state index contributed by atoms with van der Waals surface area (Å²) >= 11 is 0. The van der Waals surface area contributed by atoms with Gasteiger partial charge in [-0.05, 0) is 37.0 Å². The fourth-order valence-electron chi connectivity index (χ4n) is 1.67. The molecule has 0 aromatic heterocycles. The van der Waals surface area contributed by atoms with Crippen LogP contribution in [0.5, 0.6) is 0 Å². The van der Waals surface area contributed by atoms with Crippen LogP contribution in [0.25, 0.3) is 0 Å². The molecule has 5 heteroatoms. The molecule has 0 unspecified atom stereocenters. The molecule has 0 fully saturated rings. The van der Waals surface area contributed by atoms with Crippen molar-refractivity contribution in [2.24, 2.45) is 5.92 Å². The van der Waals surface area contributed by atoms with Gasteiger partial charge in [0.15, 0.2) is 0 Å². The average Bonchev–Trinajstić information content (AvgIpc) is 2.40. The molecule has 0 saturated carbocycles. The van der Waals surface area contributed by atoms with Crippen LogP contribution in [-0.2, 0) is 10.0 Å². The number of aliphatic hydroxyl groups is 1. The average molecular weight is 309 g/mol. The molecule has 1 aromatic rings. The fraction of sp³-hybridized carbons (Fsp3) is 0.500. The van der Waals surface area contributed by atoms with Gasteiger partial charge in [0.25, 0.3) is 0 Å². The molecule has 0 aliphatic heterocycles. The van der Waals surface area contributed by atoms with E-state index in [1.807, 2.05) is 32.9 Å².